The highest BCUT2D eigenvalue weighted by Crippen LogP contribution is 2.19. The SMILES string of the molecule is CN=C(NCCc1ccc(C)c(OC)c1)NCc1cccc(OCC(=O)N(C)C)c1.I. The third kappa shape index (κ3) is 9.04. The summed E-state index contributed by atoms with van der Waals surface area (Å²) in [5, 5.41) is 6.62. The largest absolute Gasteiger partial charge is 0.496 e. The Labute approximate surface area is 202 Å². The molecule has 0 saturated carbocycles. The van der Waals surface area contributed by atoms with Crippen molar-refractivity contribution in [3.8, 4) is 11.5 Å². The molecule has 0 atom stereocenters. The van der Waals surface area contributed by atoms with E-state index in [1.165, 1.54) is 10.5 Å². The van der Waals surface area contributed by atoms with Gasteiger partial charge in [-0.2, -0.15) is 0 Å². The average molecular weight is 540 g/mol. The summed E-state index contributed by atoms with van der Waals surface area (Å²) < 4.78 is 11.0. The maximum Gasteiger partial charge on any atom is 0.259 e. The second-order valence-corrected chi connectivity index (χ2v) is 7.13. The van der Waals surface area contributed by atoms with E-state index in [4.69, 9.17) is 9.47 Å². The minimum Gasteiger partial charge on any atom is -0.496 e. The van der Waals surface area contributed by atoms with Crippen LogP contribution in [-0.4, -0.2) is 58.2 Å². The number of likely N-dealkylation sites (N-methyl/N-ethyl adjacent to an activating group) is 1. The predicted octanol–water partition coefficient (Wildman–Crippen LogP) is 3.00. The molecule has 7 nitrogen and oxygen atoms in total. The van der Waals surface area contributed by atoms with Crippen LogP contribution in [0.2, 0.25) is 0 Å². The molecule has 2 aromatic carbocycles. The number of rotatable bonds is 9. The molecule has 0 unspecified atom stereocenters. The van der Waals surface area contributed by atoms with Crippen LogP contribution in [0.5, 0.6) is 11.5 Å². The van der Waals surface area contributed by atoms with Crippen LogP contribution in [-0.2, 0) is 17.8 Å². The minimum absolute atomic E-state index is 0. The van der Waals surface area contributed by atoms with Crippen LogP contribution < -0.4 is 20.1 Å². The van der Waals surface area contributed by atoms with E-state index in [1.54, 1.807) is 28.3 Å². The first-order valence-electron chi connectivity index (χ1n) is 9.93. The maximum atomic E-state index is 11.7. The van der Waals surface area contributed by atoms with Gasteiger partial charge < -0.3 is 25.0 Å². The van der Waals surface area contributed by atoms with Crippen LogP contribution in [0.25, 0.3) is 0 Å². The topological polar surface area (TPSA) is 75.2 Å². The van der Waals surface area contributed by atoms with Crippen molar-refractivity contribution in [3.63, 3.8) is 0 Å². The molecule has 0 aliphatic rings. The highest BCUT2D eigenvalue weighted by atomic mass is 127. The van der Waals surface area contributed by atoms with Gasteiger partial charge in [0.25, 0.3) is 5.91 Å². The Morgan fingerprint density at radius 1 is 1.10 bits per heavy atom. The molecule has 0 bridgehead atoms. The third-order valence-electron chi connectivity index (χ3n) is 4.62. The van der Waals surface area contributed by atoms with E-state index in [0.717, 1.165) is 35.8 Å². The Hall–Kier alpha value is -2.49. The maximum absolute atomic E-state index is 11.7. The smallest absolute Gasteiger partial charge is 0.259 e. The molecule has 2 aromatic rings. The molecule has 2 N–H and O–H groups in total. The number of aliphatic imine (C=N–C) groups is 1. The number of carbonyl (C=O) groups is 1. The molecular formula is C23H33IN4O3. The Balaban J connectivity index is 0.00000480. The van der Waals surface area contributed by atoms with Crippen molar-refractivity contribution in [2.45, 2.75) is 19.9 Å². The number of guanidine groups is 1. The van der Waals surface area contributed by atoms with Gasteiger partial charge in [-0.05, 0) is 48.2 Å². The van der Waals surface area contributed by atoms with Crippen molar-refractivity contribution < 1.29 is 14.3 Å². The van der Waals surface area contributed by atoms with Crippen LogP contribution in [0.4, 0.5) is 0 Å². The van der Waals surface area contributed by atoms with Gasteiger partial charge in [0, 0.05) is 34.2 Å². The third-order valence-corrected chi connectivity index (χ3v) is 4.62. The zero-order valence-electron chi connectivity index (χ0n) is 18.9. The van der Waals surface area contributed by atoms with Crippen molar-refractivity contribution >= 4 is 35.8 Å². The molecule has 8 heteroatoms. The van der Waals surface area contributed by atoms with Crippen molar-refractivity contribution in [1.82, 2.24) is 15.5 Å². The van der Waals surface area contributed by atoms with Crippen molar-refractivity contribution in [2.75, 3.05) is 41.4 Å². The lowest BCUT2D eigenvalue weighted by Crippen LogP contribution is -2.37. The molecule has 2 rings (SSSR count). The Kier molecular flexibility index (Phi) is 11.8. The summed E-state index contributed by atoms with van der Waals surface area (Å²) in [6.07, 6.45) is 0.862. The number of methoxy groups -OCH3 is 1. The van der Waals surface area contributed by atoms with E-state index in [1.807, 2.05) is 31.2 Å². The van der Waals surface area contributed by atoms with Crippen LogP contribution in [0.1, 0.15) is 16.7 Å². The fourth-order valence-electron chi connectivity index (χ4n) is 2.77. The Bertz CT molecular complexity index is 872. The first kappa shape index (κ1) is 26.5. The first-order chi connectivity index (χ1) is 14.4. The number of nitrogens with zero attached hydrogens (tertiary/aromatic N) is 2. The van der Waals surface area contributed by atoms with E-state index in [0.29, 0.717) is 12.3 Å². The van der Waals surface area contributed by atoms with E-state index < -0.39 is 0 Å². The van der Waals surface area contributed by atoms with Gasteiger partial charge in [0.05, 0.1) is 7.11 Å². The minimum atomic E-state index is -0.0747. The molecule has 0 aliphatic heterocycles. The van der Waals surface area contributed by atoms with E-state index in [-0.39, 0.29) is 36.5 Å². The number of hydrogen-bond acceptors (Lipinski definition) is 4. The fourth-order valence-corrected chi connectivity index (χ4v) is 2.77. The van der Waals surface area contributed by atoms with Crippen LogP contribution in [0.15, 0.2) is 47.5 Å². The fraction of sp³-hybridized carbons (Fsp3) is 0.391. The van der Waals surface area contributed by atoms with Crippen molar-refractivity contribution in [1.29, 1.82) is 0 Å². The molecule has 0 saturated heterocycles. The number of nitrogens with one attached hydrogen (secondary N) is 2. The molecule has 0 aliphatic carbocycles. The average Bonchev–Trinajstić information content (AvgIpc) is 2.75. The number of amides is 1. The number of hydrogen-bond donors (Lipinski definition) is 2. The van der Waals surface area contributed by atoms with Gasteiger partial charge in [0.15, 0.2) is 12.6 Å². The number of ether oxygens (including phenoxy) is 2. The summed E-state index contributed by atoms with van der Waals surface area (Å²) in [6.45, 7) is 3.40. The number of halogens is 1. The van der Waals surface area contributed by atoms with Gasteiger partial charge >= 0.3 is 0 Å². The second-order valence-electron chi connectivity index (χ2n) is 7.13. The molecular weight excluding hydrogens is 507 g/mol. The summed E-state index contributed by atoms with van der Waals surface area (Å²) in [5.41, 5.74) is 3.37. The monoisotopic (exact) mass is 540 g/mol. The highest BCUT2D eigenvalue weighted by Gasteiger charge is 2.06. The van der Waals surface area contributed by atoms with Crippen LogP contribution in [0, 0.1) is 6.92 Å². The summed E-state index contributed by atoms with van der Waals surface area (Å²) >= 11 is 0. The molecule has 31 heavy (non-hydrogen) atoms. The molecule has 0 radical (unpaired) electrons. The summed E-state index contributed by atoms with van der Waals surface area (Å²) in [7, 11) is 6.85. The zero-order valence-corrected chi connectivity index (χ0v) is 21.2. The van der Waals surface area contributed by atoms with E-state index in [2.05, 4.69) is 33.8 Å². The van der Waals surface area contributed by atoms with Crippen molar-refractivity contribution in [2.24, 2.45) is 4.99 Å². The molecule has 0 heterocycles. The lowest BCUT2D eigenvalue weighted by molar-refractivity contribution is -0.130. The normalized spacial score (nSPS) is 10.7. The van der Waals surface area contributed by atoms with E-state index in [9.17, 15) is 4.79 Å². The lowest BCUT2D eigenvalue weighted by Gasteiger charge is -2.14. The van der Waals surface area contributed by atoms with Crippen molar-refractivity contribution in [3.05, 3.63) is 59.2 Å². The Morgan fingerprint density at radius 2 is 1.87 bits per heavy atom. The second kappa shape index (κ2) is 13.7. The van der Waals surface area contributed by atoms with Gasteiger partial charge in [-0.25, -0.2) is 0 Å². The quantitative estimate of drug-likeness (QED) is 0.291. The van der Waals surface area contributed by atoms with Gasteiger partial charge in [0.2, 0.25) is 0 Å². The van der Waals surface area contributed by atoms with Crippen LogP contribution >= 0.6 is 24.0 Å². The number of aryl methyl sites for hydroxylation is 1. The molecule has 170 valence electrons. The van der Waals surface area contributed by atoms with Gasteiger partial charge in [0.1, 0.15) is 11.5 Å². The van der Waals surface area contributed by atoms with Gasteiger partial charge in [-0.15, -0.1) is 24.0 Å². The predicted molar refractivity (Wildman–Crippen MR) is 136 cm³/mol. The molecule has 1 amide bonds. The van der Waals surface area contributed by atoms with Gasteiger partial charge in [-0.1, -0.05) is 24.3 Å². The Morgan fingerprint density at radius 3 is 2.55 bits per heavy atom. The van der Waals surface area contributed by atoms with Crippen LogP contribution in [0.3, 0.4) is 0 Å². The standard InChI is InChI=1S/C23H32N4O3.HI/c1-17-9-10-18(14-21(17)29-5)11-12-25-23(24-2)26-15-19-7-6-8-20(13-19)30-16-22(28)27(3)4;/h6-10,13-14H,11-12,15-16H2,1-5H3,(H2,24,25,26);1H. The number of benzene rings is 2. The van der Waals surface area contributed by atoms with E-state index >= 15 is 0 Å². The summed E-state index contributed by atoms with van der Waals surface area (Å²) in [6, 6.07) is 13.9. The molecule has 0 spiro atoms. The summed E-state index contributed by atoms with van der Waals surface area (Å²) in [4.78, 5) is 17.4. The number of carbonyl (C=O) groups excluding carboxylic acids is 1. The molecule has 0 aromatic heterocycles. The highest BCUT2D eigenvalue weighted by molar-refractivity contribution is 14.0. The molecule has 0 fully saturated rings. The zero-order chi connectivity index (χ0) is 21.9. The first-order valence-corrected chi connectivity index (χ1v) is 9.93. The lowest BCUT2D eigenvalue weighted by atomic mass is 10.1. The van der Waals surface area contributed by atoms with Gasteiger partial charge in [-0.3, -0.25) is 9.79 Å². The summed E-state index contributed by atoms with van der Waals surface area (Å²) in [5.74, 6) is 2.22.